The van der Waals surface area contributed by atoms with Gasteiger partial charge in [0.25, 0.3) is 0 Å². The summed E-state index contributed by atoms with van der Waals surface area (Å²) in [7, 11) is 0. The van der Waals surface area contributed by atoms with E-state index >= 15 is 0 Å². The zero-order valence-electron chi connectivity index (χ0n) is 16.5. The van der Waals surface area contributed by atoms with Gasteiger partial charge in [0.15, 0.2) is 0 Å². The summed E-state index contributed by atoms with van der Waals surface area (Å²) in [5, 5.41) is 4.64. The molecule has 2 aliphatic rings. The summed E-state index contributed by atoms with van der Waals surface area (Å²) >= 11 is 0. The predicted octanol–water partition coefficient (Wildman–Crippen LogP) is 1.53. The molecule has 8 heteroatoms. The molecule has 0 amide bonds. The molecule has 4 heterocycles. The van der Waals surface area contributed by atoms with Gasteiger partial charge in [-0.1, -0.05) is 18.2 Å². The molecule has 5 rings (SSSR count). The zero-order chi connectivity index (χ0) is 20.7. The van der Waals surface area contributed by atoms with E-state index in [9.17, 15) is 14.0 Å². The van der Waals surface area contributed by atoms with Gasteiger partial charge in [0.2, 0.25) is 0 Å². The minimum absolute atomic E-state index is 0.172. The third-order valence-electron chi connectivity index (χ3n) is 6.19. The first-order valence-corrected chi connectivity index (χ1v) is 10.1. The Morgan fingerprint density at radius 1 is 1.00 bits per heavy atom. The quantitative estimate of drug-likeness (QED) is 0.614. The van der Waals surface area contributed by atoms with Crippen LogP contribution in [0.15, 0.2) is 58.3 Å². The Kier molecular flexibility index (Phi) is 4.58. The van der Waals surface area contributed by atoms with Crippen molar-refractivity contribution in [1.82, 2.24) is 24.2 Å². The second-order valence-corrected chi connectivity index (χ2v) is 8.19. The molecule has 2 aromatic heterocycles. The minimum atomic E-state index is -0.615. The molecule has 2 aliphatic heterocycles. The summed E-state index contributed by atoms with van der Waals surface area (Å²) in [6.07, 6.45) is 3.29. The van der Waals surface area contributed by atoms with Gasteiger partial charge >= 0.3 is 11.1 Å². The van der Waals surface area contributed by atoms with Crippen molar-refractivity contribution < 1.29 is 4.39 Å². The second-order valence-electron chi connectivity index (χ2n) is 8.19. The van der Waals surface area contributed by atoms with Gasteiger partial charge in [0.05, 0.1) is 12.2 Å². The molecule has 1 unspecified atom stereocenters. The molecule has 1 atom stereocenters. The highest BCUT2D eigenvalue weighted by Crippen LogP contribution is 2.40. The number of halogens is 1. The highest BCUT2D eigenvalue weighted by molar-refractivity contribution is 5.20. The Labute approximate surface area is 172 Å². The molecule has 7 nitrogen and oxygen atoms in total. The highest BCUT2D eigenvalue weighted by atomic mass is 19.1. The van der Waals surface area contributed by atoms with Crippen LogP contribution in [0.5, 0.6) is 0 Å². The van der Waals surface area contributed by atoms with E-state index in [-0.39, 0.29) is 17.8 Å². The maximum absolute atomic E-state index is 13.5. The number of aromatic nitrogens is 4. The van der Waals surface area contributed by atoms with Crippen LogP contribution < -0.4 is 11.1 Å². The lowest BCUT2D eigenvalue weighted by molar-refractivity contribution is 0.297. The van der Waals surface area contributed by atoms with Crippen LogP contribution in [0.25, 0.3) is 0 Å². The smallest absolute Gasteiger partial charge is 0.298 e. The molecule has 0 radical (unpaired) electrons. The van der Waals surface area contributed by atoms with Crippen LogP contribution in [-0.2, 0) is 25.0 Å². The lowest BCUT2D eigenvalue weighted by Crippen LogP contribution is -2.45. The average Bonchev–Trinajstić information content (AvgIpc) is 3.31. The number of hydrogen-bond donors (Lipinski definition) is 0. The van der Waals surface area contributed by atoms with E-state index in [0.717, 1.165) is 31.5 Å². The summed E-state index contributed by atoms with van der Waals surface area (Å²) in [6.45, 7) is 2.90. The number of hydrogen-bond acceptors (Lipinski definition) is 5. The van der Waals surface area contributed by atoms with Crippen LogP contribution in [0.4, 0.5) is 4.39 Å². The third-order valence-corrected chi connectivity index (χ3v) is 6.19. The average molecular weight is 407 g/mol. The lowest BCUT2D eigenvalue weighted by atomic mass is 9.85. The fourth-order valence-electron chi connectivity index (χ4n) is 4.70. The van der Waals surface area contributed by atoms with E-state index in [1.165, 1.54) is 10.7 Å². The van der Waals surface area contributed by atoms with Gasteiger partial charge in [-0.25, -0.2) is 9.07 Å². The van der Waals surface area contributed by atoms with Gasteiger partial charge in [0, 0.05) is 31.2 Å². The van der Waals surface area contributed by atoms with Crippen LogP contribution in [-0.4, -0.2) is 37.3 Å². The van der Waals surface area contributed by atoms with Crippen molar-refractivity contribution in [2.45, 2.75) is 37.9 Å². The zero-order valence-corrected chi connectivity index (χ0v) is 16.5. The number of nitrogens with zero attached hydrogens (tertiary/aromatic N) is 5. The Bertz CT molecular complexity index is 1210. The molecule has 1 spiro atoms. The number of rotatable bonds is 4. The first kappa shape index (κ1) is 18.9. The van der Waals surface area contributed by atoms with Crippen molar-refractivity contribution in [3.63, 3.8) is 0 Å². The van der Waals surface area contributed by atoms with Crippen molar-refractivity contribution in [1.29, 1.82) is 0 Å². The molecule has 1 fully saturated rings. The molecule has 0 aliphatic carbocycles. The molecule has 30 heavy (non-hydrogen) atoms. The monoisotopic (exact) mass is 407 g/mol. The molecular formula is C22H22FN5O2. The SMILES string of the molecule is O=c1c(=O)n2c(nn1Cc1ccccn1)C1(CCN(Cc3cccc(F)c3)C1)CC2. The van der Waals surface area contributed by atoms with E-state index in [0.29, 0.717) is 24.6 Å². The van der Waals surface area contributed by atoms with Gasteiger partial charge in [-0.2, -0.15) is 5.10 Å². The summed E-state index contributed by atoms with van der Waals surface area (Å²) in [5.41, 5.74) is 0.220. The lowest BCUT2D eigenvalue weighted by Gasteiger charge is -2.24. The maximum atomic E-state index is 13.5. The van der Waals surface area contributed by atoms with Crippen LogP contribution in [0.1, 0.15) is 29.9 Å². The first-order valence-electron chi connectivity index (χ1n) is 10.1. The van der Waals surface area contributed by atoms with Gasteiger partial charge in [-0.3, -0.25) is 24.0 Å². The highest BCUT2D eigenvalue weighted by Gasteiger charge is 2.47. The van der Waals surface area contributed by atoms with E-state index in [1.807, 2.05) is 18.2 Å². The molecule has 3 aromatic rings. The fourth-order valence-corrected chi connectivity index (χ4v) is 4.70. The van der Waals surface area contributed by atoms with Crippen LogP contribution in [0.3, 0.4) is 0 Å². The van der Waals surface area contributed by atoms with E-state index in [1.54, 1.807) is 29.0 Å². The predicted molar refractivity (Wildman–Crippen MR) is 109 cm³/mol. The maximum Gasteiger partial charge on any atom is 0.332 e. The molecule has 1 aromatic carbocycles. The van der Waals surface area contributed by atoms with E-state index in [2.05, 4.69) is 15.0 Å². The number of fused-ring (bicyclic) bond motifs is 2. The fraction of sp³-hybridized carbons (Fsp3) is 0.364. The van der Waals surface area contributed by atoms with Crippen molar-refractivity contribution >= 4 is 0 Å². The molecule has 0 saturated carbocycles. The van der Waals surface area contributed by atoms with Gasteiger partial charge in [-0.15, -0.1) is 0 Å². The van der Waals surface area contributed by atoms with Crippen molar-refractivity contribution in [3.05, 3.63) is 92.3 Å². The van der Waals surface area contributed by atoms with Crippen molar-refractivity contribution in [3.8, 4) is 0 Å². The van der Waals surface area contributed by atoms with Crippen molar-refractivity contribution in [2.75, 3.05) is 13.1 Å². The minimum Gasteiger partial charge on any atom is -0.298 e. The Balaban J connectivity index is 1.45. The largest absolute Gasteiger partial charge is 0.332 e. The number of likely N-dealkylation sites (tertiary alicyclic amines) is 1. The summed E-state index contributed by atoms with van der Waals surface area (Å²) in [4.78, 5) is 31.8. The summed E-state index contributed by atoms with van der Waals surface area (Å²) in [5.74, 6) is 0.448. The Hall–Kier alpha value is -3.13. The molecule has 0 N–H and O–H groups in total. The second kappa shape index (κ2) is 7.28. The molecule has 0 bridgehead atoms. The van der Waals surface area contributed by atoms with E-state index < -0.39 is 11.1 Å². The van der Waals surface area contributed by atoms with Crippen molar-refractivity contribution in [2.24, 2.45) is 0 Å². The third kappa shape index (κ3) is 3.27. The van der Waals surface area contributed by atoms with Gasteiger partial charge in [-0.05, 0) is 49.2 Å². The molecule has 1 saturated heterocycles. The topological polar surface area (TPSA) is 73.0 Å². The Morgan fingerprint density at radius 2 is 1.87 bits per heavy atom. The first-order chi connectivity index (χ1) is 14.5. The Morgan fingerprint density at radius 3 is 2.67 bits per heavy atom. The normalized spacial score (nSPS) is 20.7. The van der Waals surface area contributed by atoms with Gasteiger partial charge < -0.3 is 0 Å². The summed E-state index contributed by atoms with van der Waals surface area (Å²) < 4.78 is 16.3. The number of benzene rings is 1. The molecule has 154 valence electrons. The summed E-state index contributed by atoms with van der Waals surface area (Å²) in [6, 6.07) is 12.1. The number of pyridine rings is 1. The van der Waals surface area contributed by atoms with E-state index in [4.69, 9.17) is 0 Å². The standard InChI is InChI=1S/C22H22FN5O2/c23-17-5-3-4-16(12-17)13-26-10-7-22(15-26)8-11-27-19(29)20(30)28(25-21(22)27)14-18-6-1-2-9-24-18/h1-6,9,12H,7-8,10-11,13-15H2. The van der Waals surface area contributed by atoms with Crippen LogP contribution >= 0.6 is 0 Å². The molecular weight excluding hydrogens is 385 g/mol. The van der Waals surface area contributed by atoms with Crippen LogP contribution in [0.2, 0.25) is 0 Å². The van der Waals surface area contributed by atoms with Gasteiger partial charge in [0.1, 0.15) is 11.6 Å². The van der Waals surface area contributed by atoms with Crippen LogP contribution in [0, 0.1) is 5.82 Å².